The van der Waals surface area contributed by atoms with Crippen molar-refractivity contribution in [1.82, 2.24) is 4.98 Å². The van der Waals surface area contributed by atoms with Gasteiger partial charge in [0.15, 0.2) is 0 Å². The Morgan fingerprint density at radius 3 is 2.80 bits per heavy atom. The summed E-state index contributed by atoms with van der Waals surface area (Å²) in [5.74, 6) is -0.102. The fourth-order valence-corrected chi connectivity index (χ4v) is 1.05. The van der Waals surface area contributed by atoms with E-state index in [1.165, 1.54) is 4.90 Å². The minimum Gasteiger partial charge on any atom is -0.370 e. The highest BCUT2D eigenvalue weighted by Crippen LogP contribution is 2.09. The third-order valence-electron chi connectivity index (χ3n) is 1.91. The van der Waals surface area contributed by atoms with Crippen LogP contribution in [0.1, 0.15) is 0 Å². The summed E-state index contributed by atoms with van der Waals surface area (Å²) in [4.78, 5) is 17.0. The van der Waals surface area contributed by atoms with E-state index in [0.29, 0.717) is 13.2 Å². The number of ether oxygens (including phenoxy) is 1. The molecule has 0 saturated carbocycles. The fourth-order valence-electron chi connectivity index (χ4n) is 1.05. The average Bonchev–Trinajstić information content (AvgIpc) is 2.29. The summed E-state index contributed by atoms with van der Waals surface area (Å²) in [5.41, 5.74) is 6.04. The van der Waals surface area contributed by atoms with E-state index in [1.807, 2.05) is 0 Å². The van der Waals surface area contributed by atoms with Gasteiger partial charge in [-0.3, -0.25) is 9.78 Å². The number of carbonyl (C=O) groups excluding carboxylic acids is 1. The van der Waals surface area contributed by atoms with Gasteiger partial charge in [0.05, 0.1) is 6.61 Å². The molecule has 1 rings (SSSR count). The van der Waals surface area contributed by atoms with Crippen LogP contribution >= 0.6 is 0 Å². The van der Waals surface area contributed by atoms with E-state index in [4.69, 9.17) is 10.5 Å². The quantitative estimate of drug-likeness (QED) is 0.694. The second-order valence-corrected chi connectivity index (χ2v) is 3.00. The number of rotatable bonds is 5. The van der Waals surface area contributed by atoms with Crippen LogP contribution in [0.15, 0.2) is 24.5 Å². The highest BCUT2D eigenvalue weighted by Gasteiger charge is 2.09. The summed E-state index contributed by atoms with van der Waals surface area (Å²) >= 11 is 0. The van der Waals surface area contributed by atoms with Crippen LogP contribution in [0.2, 0.25) is 0 Å². The van der Waals surface area contributed by atoms with Crippen molar-refractivity contribution >= 4 is 11.6 Å². The van der Waals surface area contributed by atoms with Gasteiger partial charge in [0, 0.05) is 31.7 Å². The number of nitrogens with two attached hydrogens (primary N) is 1. The molecule has 0 aliphatic carbocycles. The third kappa shape index (κ3) is 3.65. The first-order chi connectivity index (χ1) is 7.25. The van der Waals surface area contributed by atoms with E-state index in [-0.39, 0.29) is 12.5 Å². The summed E-state index contributed by atoms with van der Waals surface area (Å²) in [6, 6.07) is 3.53. The maximum atomic E-state index is 11.6. The summed E-state index contributed by atoms with van der Waals surface area (Å²) < 4.78 is 5.06. The van der Waals surface area contributed by atoms with Crippen LogP contribution in [-0.4, -0.2) is 37.7 Å². The molecular weight excluding hydrogens is 194 g/mol. The van der Waals surface area contributed by atoms with Crippen molar-refractivity contribution in [3.05, 3.63) is 24.5 Å². The van der Waals surface area contributed by atoms with E-state index in [2.05, 4.69) is 4.98 Å². The minimum atomic E-state index is -0.102. The molecule has 2 N–H and O–H groups in total. The predicted octanol–water partition coefficient (Wildman–Crippen LogP) is 0.0197. The van der Waals surface area contributed by atoms with E-state index >= 15 is 0 Å². The molecule has 0 radical (unpaired) electrons. The van der Waals surface area contributed by atoms with Crippen LogP contribution in [0, 0.1) is 0 Å². The van der Waals surface area contributed by atoms with Crippen molar-refractivity contribution in [2.45, 2.75) is 0 Å². The molecule has 1 aromatic rings. The van der Waals surface area contributed by atoms with Crippen LogP contribution in [0.3, 0.4) is 0 Å². The van der Waals surface area contributed by atoms with Gasteiger partial charge < -0.3 is 15.4 Å². The topological polar surface area (TPSA) is 68.5 Å². The second kappa shape index (κ2) is 6.10. The summed E-state index contributed by atoms with van der Waals surface area (Å²) in [6.45, 7) is 0.873. The normalized spacial score (nSPS) is 10.0. The third-order valence-corrected chi connectivity index (χ3v) is 1.91. The molecule has 0 aromatic carbocycles. The first kappa shape index (κ1) is 11.6. The highest BCUT2D eigenvalue weighted by molar-refractivity contribution is 5.93. The zero-order valence-electron chi connectivity index (χ0n) is 8.72. The van der Waals surface area contributed by atoms with Gasteiger partial charge >= 0.3 is 0 Å². The van der Waals surface area contributed by atoms with Crippen molar-refractivity contribution in [2.75, 3.05) is 31.7 Å². The molecule has 15 heavy (non-hydrogen) atoms. The van der Waals surface area contributed by atoms with Gasteiger partial charge in [0.2, 0.25) is 0 Å². The summed E-state index contributed by atoms with van der Waals surface area (Å²) in [6.07, 6.45) is 3.28. The number of hydrogen-bond acceptors (Lipinski definition) is 4. The van der Waals surface area contributed by atoms with Gasteiger partial charge in [0.1, 0.15) is 6.61 Å². The molecule has 0 saturated heterocycles. The van der Waals surface area contributed by atoms with E-state index in [0.717, 1.165) is 5.69 Å². The average molecular weight is 209 g/mol. The molecule has 1 amide bonds. The number of likely N-dealkylation sites (N-methyl/N-ethyl adjacent to an activating group) is 1. The zero-order valence-corrected chi connectivity index (χ0v) is 8.72. The summed E-state index contributed by atoms with van der Waals surface area (Å²) in [7, 11) is 1.70. The lowest BCUT2D eigenvalue weighted by atomic mass is 10.3. The summed E-state index contributed by atoms with van der Waals surface area (Å²) in [5, 5.41) is 0. The maximum Gasteiger partial charge on any atom is 0.252 e. The zero-order chi connectivity index (χ0) is 11.1. The lowest BCUT2D eigenvalue weighted by molar-refractivity contribution is -0.122. The number of carbonyl (C=O) groups is 1. The largest absolute Gasteiger partial charge is 0.370 e. The Kier molecular flexibility index (Phi) is 4.73. The number of pyridine rings is 1. The van der Waals surface area contributed by atoms with E-state index in [1.54, 1.807) is 31.6 Å². The molecule has 0 spiro atoms. The maximum absolute atomic E-state index is 11.6. The molecule has 5 heteroatoms. The molecule has 0 fully saturated rings. The number of nitrogens with zero attached hydrogens (tertiary/aromatic N) is 2. The Bertz CT molecular complexity index is 303. The lowest BCUT2D eigenvalue weighted by Crippen LogP contribution is -2.30. The van der Waals surface area contributed by atoms with E-state index < -0.39 is 0 Å². The van der Waals surface area contributed by atoms with Crippen LogP contribution in [-0.2, 0) is 9.53 Å². The highest BCUT2D eigenvalue weighted by atomic mass is 16.5. The standard InChI is InChI=1S/C10H15N3O2/c1-13(9-2-5-12-6-3-9)10(14)8-15-7-4-11/h2-3,5-6H,4,7-8,11H2,1H3. The first-order valence-corrected chi connectivity index (χ1v) is 4.70. The molecule has 82 valence electrons. The monoisotopic (exact) mass is 209 g/mol. The second-order valence-electron chi connectivity index (χ2n) is 3.00. The number of amides is 1. The van der Waals surface area contributed by atoms with Crippen LogP contribution in [0.25, 0.3) is 0 Å². The van der Waals surface area contributed by atoms with Crippen molar-refractivity contribution in [3.8, 4) is 0 Å². The van der Waals surface area contributed by atoms with Gasteiger partial charge in [0.25, 0.3) is 5.91 Å². The molecule has 0 unspecified atom stereocenters. The minimum absolute atomic E-state index is 0.0516. The molecule has 5 nitrogen and oxygen atoms in total. The molecular formula is C10H15N3O2. The molecule has 0 atom stereocenters. The number of aromatic nitrogens is 1. The lowest BCUT2D eigenvalue weighted by Gasteiger charge is -2.16. The van der Waals surface area contributed by atoms with Gasteiger partial charge in [-0.1, -0.05) is 0 Å². The van der Waals surface area contributed by atoms with Gasteiger partial charge in [-0.15, -0.1) is 0 Å². The Morgan fingerprint density at radius 2 is 2.20 bits per heavy atom. The molecule has 0 bridgehead atoms. The van der Waals surface area contributed by atoms with Gasteiger partial charge in [-0.05, 0) is 12.1 Å². The molecule has 1 heterocycles. The predicted molar refractivity (Wildman–Crippen MR) is 57.5 cm³/mol. The van der Waals surface area contributed by atoms with Crippen LogP contribution in [0.5, 0.6) is 0 Å². The van der Waals surface area contributed by atoms with Gasteiger partial charge in [-0.25, -0.2) is 0 Å². The Hall–Kier alpha value is -1.46. The number of anilines is 1. The van der Waals surface area contributed by atoms with Crippen molar-refractivity contribution in [3.63, 3.8) is 0 Å². The Morgan fingerprint density at radius 1 is 1.53 bits per heavy atom. The molecule has 0 aliphatic heterocycles. The van der Waals surface area contributed by atoms with E-state index in [9.17, 15) is 4.79 Å². The fraction of sp³-hybridized carbons (Fsp3) is 0.400. The van der Waals surface area contributed by atoms with Crippen molar-refractivity contribution < 1.29 is 9.53 Å². The molecule has 1 aromatic heterocycles. The smallest absolute Gasteiger partial charge is 0.252 e. The SMILES string of the molecule is CN(C(=O)COCCN)c1ccncc1. The van der Waals surface area contributed by atoms with Crippen LogP contribution in [0.4, 0.5) is 5.69 Å². The first-order valence-electron chi connectivity index (χ1n) is 4.70. The van der Waals surface area contributed by atoms with Crippen molar-refractivity contribution in [2.24, 2.45) is 5.73 Å². The van der Waals surface area contributed by atoms with Crippen molar-refractivity contribution in [1.29, 1.82) is 0 Å². The molecule has 0 aliphatic rings. The van der Waals surface area contributed by atoms with Crippen LogP contribution < -0.4 is 10.6 Å². The van der Waals surface area contributed by atoms with Gasteiger partial charge in [-0.2, -0.15) is 0 Å². The Balaban J connectivity index is 2.46. The number of hydrogen-bond donors (Lipinski definition) is 1. The Labute approximate surface area is 88.9 Å².